The number of amides is 1. The number of rotatable bonds is 8. The van der Waals surface area contributed by atoms with E-state index in [9.17, 15) is 19.5 Å². The first-order chi connectivity index (χ1) is 23.5. The first kappa shape index (κ1) is 39.8. The summed E-state index contributed by atoms with van der Waals surface area (Å²) in [5, 5.41) is 12.7. The number of methoxy groups -OCH3 is 1. The first-order valence-corrected chi connectivity index (χ1v) is 17.8. The number of hydrogen-bond donors (Lipinski definition) is 2. The molecule has 3 aliphatic rings. The highest BCUT2D eigenvalue weighted by Crippen LogP contribution is 2.42. The molecule has 0 bridgehead atoms. The maximum absolute atomic E-state index is 14.5. The molecule has 280 valence electrons. The lowest BCUT2D eigenvalue weighted by molar-refractivity contribution is -0.294. The van der Waals surface area contributed by atoms with E-state index in [2.05, 4.69) is 10.4 Å². The van der Waals surface area contributed by atoms with Crippen LogP contribution >= 0.6 is 0 Å². The topological polar surface area (TPSA) is 149 Å². The fraction of sp³-hybridized carbons (Fsp3) is 0.730. The van der Waals surface area contributed by atoms with Crippen molar-refractivity contribution in [1.29, 1.82) is 0 Å². The Morgan fingerprint density at radius 2 is 1.86 bits per heavy atom. The van der Waals surface area contributed by atoms with E-state index in [1.807, 2.05) is 59.7 Å². The highest BCUT2D eigenvalue weighted by molar-refractivity contribution is 5.88. The molecule has 12 atom stereocenters. The van der Waals surface area contributed by atoms with Gasteiger partial charge in [0.2, 0.25) is 0 Å². The van der Waals surface area contributed by atoms with Crippen molar-refractivity contribution in [1.82, 2.24) is 20.3 Å². The minimum absolute atomic E-state index is 0.123. The summed E-state index contributed by atoms with van der Waals surface area (Å²) in [4.78, 5) is 48.0. The Morgan fingerprint density at radius 3 is 2.46 bits per heavy atom. The second-order valence-corrected chi connectivity index (χ2v) is 15.0. The number of Topliss-reactive ketones (excluding diaryl/α,β-unsaturated/α-hetero) is 1. The number of likely N-dealkylation sites (N-methyl/N-ethyl adjacent to an activating group) is 1. The average molecular weight is 703 g/mol. The van der Waals surface area contributed by atoms with Crippen LogP contribution in [0.1, 0.15) is 80.2 Å². The molecule has 13 heteroatoms. The zero-order chi connectivity index (χ0) is 37.1. The van der Waals surface area contributed by atoms with E-state index in [1.165, 1.54) is 5.01 Å². The molecule has 1 aromatic heterocycles. The molecule has 13 nitrogen and oxygen atoms in total. The maximum atomic E-state index is 14.5. The molecule has 2 saturated heterocycles. The normalized spacial score (nSPS) is 40.1. The summed E-state index contributed by atoms with van der Waals surface area (Å²) in [5.74, 6) is -2.46. The number of aliphatic hydroxyl groups excluding tert-OH is 1. The zero-order valence-electron chi connectivity index (χ0n) is 31.5. The van der Waals surface area contributed by atoms with Gasteiger partial charge in [-0.2, -0.15) is 0 Å². The van der Waals surface area contributed by atoms with Crippen LogP contribution in [0, 0.1) is 17.8 Å². The van der Waals surface area contributed by atoms with Crippen LogP contribution in [0.2, 0.25) is 0 Å². The number of hydrazine groups is 1. The van der Waals surface area contributed by atoms with Crippen LogP contribution in [0.3, 0.4) is 0 Å². The minimum Gasteiger partial charge on any atom is -0.455 e. The average Bonchev–Trinajstić information content (AvgIpc) is 3.34. The molecule has 0 spiro atoms. The lowest BCUT2D eigenvalue weighted by atomic mass is 9.74. The van der Waals surface area contributed by atoms with Crippen LogP contribution in [-0.4, -0.2) is 113 Å². The first-order valence-electron chi connectivity index (χ1n) is 17.8. The number of carbonyl (C=O) groups is 3. The van der Waals surface area contributed by atoms with Gasteiger partial charge in [0.15, 0.2) is 11.9 Å². The van der Waals surface area contributed by atoms with Gasteiger partial charge in [0.1, 0.15) is 24.0 Å². The summed E-state index contributed by atoms with van der Waals surface area (Å²) in [6, 6.07) is 2.64. The minimum atomic E-state index is -1.36. The van der Waals surface area contributed by atoms with Gasteiger partial charge < -0.3 is 33.7 Å². The van der Waals surface area contributed by atoms with Crippen molar-refractivity contribution in [2.45, 2.75) is 135 Å². The Kier molecular flexibility index (Phi) is 12.9. The Balaban J connectivity index is 1.76. The third-order valence-electron chi connectivity index (χ3n) is 10.9. The number of pyridine rings is 1. The molecule has 4 heterocycles. The number of aliphatic hydroxyl groups is 1. The third kappa shape index (κ3) is 8.24. The number of hydrogen-bond acceptors (Lipinski definition) is 12. The summed E-state index contributed by atoms with van der Waals surface area (Å²) < 4.78 is 31.2. The van der Waals surface area contributed by atoms with Gasteiger partial charge >= 0.3 is 12.1 Å². The predicted octanol–water partition coefficient (Wildman–Crippen LogP) is 4.03. The number of carbonyl (C=O) groups excluding carboxylic acids is 3. The van der Waals surface area contributed by atoms with Gasteiger partial charge in [-0.25, -0.2) is 20.0 Å². The van der Waals surface area contributed by atoms with Crippen LogP contribution in [0.25, 0.3) is 0 Å². The quantitative estimate of drug-likeness (QED) is 0.377. The summed E-state index contributed by atoms with van der Waals surface area (Å²) in [5.41, 5.74) is 1.89. The van der Waals surface area contributed by atoms with Crippen LogP contribution in [0.5, 0.6) is 0 Å². The van der Waals surface area contributed by atoms with Gasteiger partial charge in [-0.1, -0.05) is 39.8 Å². The predicted molar refractivity (Wildman–Crippen MR) is 185 cm³/mol. The van der Waals surface area contributed by atoms with E-state index in [-0.39, 0.29) is 30.9 Å². The van der Waals surface area contributed by atoms with Gasteiger partial charge in [0.05, 0.1) is 17.8 Å². The number of cyclic esters (lactones) is 1. The van der Waals surface area contributed by atoms with Gasteiger partial charge in [-0.05, 0) is 72.7 Å². The summed E-state index contributed by atoms with van der Waals surface area (Å²) >= 11 is 0. The standard InChI is InChI=1S/C37H58N4O9/c1-12-28-37(8)31(41(35(45)50-37)39-20-26-14-13-15-38-19-26)25(6)29(42)23(4)18-36(7,46-11)32(21(2)16-22(3)33(44)48-28)49-34-30(43)27(40(9)10)17-24(5)47-34/h13-16,19,21,23-25,27-28,30-32,34,39,43H,12,17-18,20H2,1-11H3/b22-16+/t21-,23+,24+,25-,27-,28+,30+,31+,32+,34-,36+,37+/m0/s1. The molecular formula is C37H58N4O9. The molecule has 2 N–H and O–H groups in total. The van der Waals surface area contributed by atoms with E-state index in [0.717, 1.165) is 5.56 Å². The Hall–Kier alpha value is -2.94. The SMILES string of the molecule is CC[C@H]1OC(=O)/C(C)=C/[C@H](C)[C@@H](O[C@@H]2O[C@H](C)C[C@H](N(C)C)[C@H]2O)[C@](C)(OC)C[C@@H](C)C(=O)[C@H](C)[C@H]2N(NCc3cccnc3)C(=O)O[C@]12C. The number of nitrogens with one attached hydrogen (secondary N) is 1. The highest BCUT2D eigenvalue weighted by Gasteiger charge is 2.60. The molecule has 0 saturated carbocycles. The Bertz CT molecular complexity index is 1380. The summed E-state index contributed by atoms with van der Waals surface area (Å²) in [7, 11) is 5.38. The van der Waals surface area contributed by atoms with Crippen LogP contribution in [-0.2, 0) is 39.8 Å². The van der Waals surface area contributed by atoms with E-state index in [0.29, 0.717) is 18.4 Å². The van der Waals surface area contributed by atoms with Crippen molar-refractivity contribution in [2.75, 3.05) is 21.2 Å². The second kappa shape index (κ2) is 16.2. The number of fused-ring (bicyclic) bond motifs is 1. The molecule has 1 aromatic rings. The largest absolute Gasteiger partial charge is 0.455 e. The fourth-order valence-corrected chi connectivity index (χ4v) is 8.12. The second-order valence-electron chi connectivity index (χ2n) is 15.0. The number of nitrogens with zero attached hydrogens (tertiary/aromatic N) is 3. The van der Waals surface area contributed by atoms with Gasteiger partial charge in [-0.3, -0.25) is 9.78 Å². The lowest BCUT2D eigenvalue weighted by Crippen LogP contribution is -2.60. The Labute approximate surface area is 297 Å². The van der Waals surface area contributed by atoms with Gasteiger partial charge in [0.25, 0.3) is 0 Å². The number of aromatic nitrogens is 1. The lowest BCUT2D eigenvalue weighted by Gasteiger charge is -2.46. The number of esters is 1. The van der Waals surface area contributed by atoms with E-state index in [4.69, 9.17) is 23.7 Å². The summed E-state index contributed by atoms with van der Waals surface area (Å²) in [6.07, 6.45) is 1.91. The maximum Gasteiger partial charge on any atom is 0.425 e. The molecule has 50 heavy (non-hydrogen) atoms. The molecule has 0 radical (unpaired) electrons. The van der Waals surface area contributed by atoms with E-state index < -0.39 is 71.7 Å². The zero-order valence-corrected chi connectivity index (χ0v) is 31.5. The third-order valence-corrected chi connectivity index (χ3v) is 10.9. The smallest absolute Gasteiger partial charge is 0.425 e. The molecule has 1 amide bonds. The van der Waals surface area contributed by atoms with Crippen molar-refractivity contribution in [3.05, 3.63) is 41.7 Å². The van der Waals surface area contributed by atoms with Crippen molar-refractivity contribution in [3.63, 3.8) is 0 Å². The van der Waals surface area contributed by atoms with Gasteiger partial charge in [-0.15, -0.1) is 0 Å². The molecule has 4 rings (SSSR count). The fourth-order valence-electron chi connectivity index (χ4n) is 8.12. The molecule has 2 fully saturated rings. The summed E-state index contributed by atoms with van der Waals surface area (Å²) in [6.45, 7) is 14.9. The van der Waals surface area contributed by atoms with Crippen LogP contribution < -0.4 is 5.43 Å². The Morgan fingerprint density at radius 1 is 1.16 bits per heavy atom. The van der Waals surface area contributed by atoms with Crippen LogP contribution in [0.15, 0.2) is 36.2 Å². The van der Waals surface area contributed by atoms with Crippen molar-refractivity contribution >= 4 is 17.8 Å². The molecule has 3 aliphatic heterocycles. The van der Waals surface area contributed by atoms with E-state index >= 15 is 0 Å². The monoisotopic (exact) mass is 702 g/mol. The number of ketones is 1. The van der Waals surface area contributed by atoms with E-state index in [1.54, 1.807) is 52.4 Å². The molecule has 0 aromatic carbocycles. The van der Waals surface area contributed by atoms with Crippen molar-refractivity contribution in [2.24, 2.45) is 17.8 Å². The number of ether oxygens (including phenoxy) is 5. The van der Waals surface area contributed by atoms with Crippen molar-refractivity contribution in [3.8, 4) is 0 Å². The highest BCUT2D eigenvalue weighted by atomic mass is 16.7. The molecular weight excluding hydrogens is 644 g/mol. The van der Waals surface area contributed by atoms with Crippen LogP contribution in [0.4, 0.5) is 4.79 Å². The van der Waals surface area contributed by atoms with Crippen molar-refractivity contribution < 1.29 is 43.2 Å². The molecule has 0 aliphatic carbocycles. The van der Waals surface area contributed by atoms with Gasteiger partial charge in [0, 0.05) is 55.4 Å². The molecule has 0 unspecified atom stereocenters.